The molecule has 6 nitrogen and oxygen atoms in total. The number of carbonyl (C=O) groups is 1. The first kappa shape index (κ1) is 20.4. The fourth-order valence-corrected chi connectivity index (χ4v) is 4.16. The molecule has 1 N–H and O–H groups in total. The quantitative estimate of drug-likeness (QED) is 0.402. The Labute approximate surface area is 183 Å². The molecule has 154 valence electrons. The molecule has 0 unspecified atom stereocenters. The first-order valence-corrected chi connectivity index (χ1v) is 10.9. The Hall–Kier alpha value is -2.90. The molecule has 0 aliphatic rings. The van der Waals surface area contributed by atoms with Crippen molar-refractivity contribution < 1.29 is 4.79 Å². The molecular formula is C22H22ClN5OS. The van der Waals surface area contributed by atoms with E-state index in [4.69, 9.17) is 11.6 Å². The maximum Gasteiger partial charge on any atom is 0.248 e. The van der Waals surface area contributed by atoms with E-state index < -0.39 is 0 Å². The van der Waals surface area contributed by atoms with Gasteiger partial charge in [-0.2, -0.15) is 5.10 Å². The molecule has 1 aromatic carbocycles. The number of amides is 1. The molecule has 0 saturated heterocycles. The summed E-state index contributed by atoms with van der Waals surface area (Å²) in [6.07, 6.45) is 7.17. The van der Waals surface area contributed by atoms with E-state index in [1.54, 1.807) is 22.1 Å². The number of aromatic nitrogens is 4. The highest BCUT2D eigenvalue weighted by Crippen LogP contribution is 2.24. The number of halogens is 1. The topological polar surface area (TPSA) is 64.2 Å². The first-order chi connectivity index (χ1) is 14.4. The lowest BCUT2D eigenvalue weighted by molar-refractivity contribution is -0.111. The second-order valence-corrected chi connectivity index (χ2v) is 8.72. The van der Waals surface area contributed by atoms with Crippen LogP contribution >= 0.6 is 22.9 Å². The van der Waals surface area contributed by atoms with Crippen LogP contribution in [0.4, 0.5) is 5.69 Å². The number of thiazole rings is 1. The maximum absolute atomic E-state index is 12.3. The molecule has 4 rings (SSSR count). The predicted octanol–water partition coefficient (Wildman–Crippen LogP) is 5.53. The summed E-state index contributed by atoms with van der Waals surface area (Å²) in [5.74, 6) is 0.209. The number of anilines is 1. The van der Waals surface area contributed by atoms with Crippen LogP contribution in [-0.2, 0) is 11.3 Å². The minimum atomic E-state index is -0.225. The Morgan fingerprint density at radius 2 is 2.07 bits per heavy atom. The van der Waals surface area contributed by atoms with Gasteiger partial charge in [0.05, 0.1) is 11.4 Å². The SMILES string of the molecule is Cc1nn(CC(C)C)c(Cl)c1/C=C/C(=O)Nc1ccc(-c2cn3ccsc3n2)cc1. The van der Waals surface area contributed by atoms with Crippen molar-refractivity contribution in [2.24, 2.45) is 5.92 Å². The summed E-state index contributed by atoms with van der Waals surface area (Å²) in [7, 11) is 0. The number of nitrogens with zero attached hydrogens (tertiary/aromatic N) is 4. The van der Waals surface area contributed by atoms with Crippen molar-refractivity contribution >= 4 is 45.6 Å². The molecule has 0 aliphatic carbocycles. The Morgan fingerprint density at radius 3 is 2.77 bits per heavy atom. The maximum atomic E-state index is 12.3. The smallest absolute Gasteiger partial charge is 0.248 e. The van der Waals surface area contributed by atoms with Gasteiger partial charge in [-0.1, -0.05) is 37.6 Å². The van der Waals surface area contributed by atoms with E-state index in [1.807, 2.05) is 53.4 Å². The third kappa shape index (κ3) is 4.32. The second kappa shape index (κ2) is 8.45. The molecule has 3 aromatic heterocycles. The zero-order chi connectivity index (χ0) is 21.3. The van der Waals surface area contributed by atoms with Gasteiger partial charge in [0.25, 0.3) is 0 Å². The highest BCUT2D eigenvalue weighted by atomic mass is 35.5. The van der Waals surface area contributed by atoms with Crippen molar-refractivity contribution in [3.8, 4) is 11.3 Å². The van der Waals surface area contributed by atoms with Crippen molar-refractivity contribution in [1.29, 1.82) is 0 Å². The number of benzene rings is 1. The number of aryl methyl sites for hydroxylation is 1. The summed E-state index contributed by atoms with van der Waals surface area (Å²) in [5, 5.41) is 9.88. The number of imidazole rings is 1. The van der Waals surface area contributed by atoms with Crippen molar-refractivity contribution in [2.75, 3.05) is 5.32 Å². The third-order valence-electron chi connectivity index (χ3n) is 4.59. The molecular weight excluding hydrogens is 418 g/mol. The van der Waals surface area contributed by atoms with Gasteiger partial charge in [-0.3, -0.25) is 13.9 Å². The van der Waals surface area contributed by atoms with Crippen LogP contribution in [0.1, 0.15) is 25.1 Å². The number of hydrogen-bond donors (Lipinski definition) is 1. The van der Waals surface area contributed by atoms with Gasteiger partial charge in [0.1, 0.15) is 5.15 Å². The average molecular weight is 440 g/mol. The van der Waals surface area contributed by atoms with E-state index >= 15 is 0 Å². The van der Waals surface area contributed by atoms with Gasteiger partial charge in [-0.25, -0.2) is 4.98 Å². The molecule has 0 fully saturated rings. The fraction of sp³-hybridized carbons (Fsp3) is 0.227. The third-order valence-corrected chi connectivity index (χ3v) is 5.76. The molecule has 3 heterocycles. The van der Waals surface area contributed by atoms with Gasteiger partial charge in [-0.15, -0.1) is 11.3 Å². The molecule has 0 atom stereocenters. The zero-order valence-corrected chi connectivity index (χ0v) is 18.5. The molecule has 0 radical (unpaired) electrons. The van der Waals surface area contributed by atoms with Crippen LogP contribution in [0.5, 0.6) is 0 Å². The van der Waals surface area contributed by atoms with Gasteiger partial charge in [0.15, 0.2) is 4.96 Å². The minimum Gasteiger partial charge on any atom is -0.323 e. The van der Waals surface area contributed by atoms with Gasteiger partial charge in [0, 0.05) is 47.2 Å². The summed E-state index contributed by atoms with van der Waals surface area (Å²) < 4.78 is 3.77. The van der Waals surface area contributed by atoms with Crippen LogP contribution in [0.3, 0.4) is 0 Å². The highest BCUT2D eigenvalue weighted by molar-refractivity contribution is 7.15. The van der Waals surface area contributed by atoms with E-state index in [2.05, 4.69) is 29.2 Å². The molecule has 1 amide bonds. The van der Waals surface area contributed by atoms with Crippen molar-refractivity contribution in [3.05, 3.63) is 64.5 Å². The second-order valence-electron chi connectivity index (χ2n) is 7.48. The molecule has 30 heavy (non-hydrogen) atoms. The van der Waals surface area contributed by atoms with E-state index in [-0.39, 0.29) is 5.91 Å². The molecule has 0 aliphatic heterocycles. The Morgan fingerprint density at radius 1 is 1.30 bits per heavy atom. The summed E-state index contributed by atoms with van der Waals surface area (Å²) in [6, 6.07) is 7.63. The highest BCUT2D eigenvalue weighted by Gasteiger charge is 2.12. The monoisotopic (exact) mass is 439 g/mol. The summed E-state index contributed by atoms with van der Waals surface area (Å²) in [6.45, 7) is 6.84. The Balaban J connectivity index is 1.43. The molecule has 8 heteroatoms. The zero-order valence-electron chi connectivity index (χ0n) is 17.0. The average Bonchev–Trinajstić information content (AvgIpc) is 3.36. The van der Waals surface area contributed by atoms with Crippen molar-refractivity contribution in [2.45, 2.75) is 27.3 Å². The summed E-state index contributed by atoms with van der Waals surface area (Å²) >= 11 is 8.02. The molecule has 0 bridgehead atoms. The van der Waals surface area contributed by atoms with E-state index in [1.165, 1.54) is 6.08 Å². The number of carbonyl (C=O) groups excluding carboxylic acids is 1. The van der Waals surface area contributed by atoms with Crippen molar-refractivity contribution in [1.82, 2.24) is 19.2 Å². The normalized spacial score (nSPS) is 11.8. The number of hydrogen-bond acceptors (Lipinski definition) is 4. The first-order valence-electron chi connectivity index (χ1n) is 9.65. The Kier molecular flexibility index (Phi) is 5.74. The number of nitrogens with one attached hydrogen (secondary N) is 1. The van der Waals surface area contributed by atoms with Crippen LogP contribution < -0.4 is 5.32 Å². The summed E-state index contributed by atoms with van der Waals surface area (Å²) in [4.78, 5) is 17.9. The lowest BCUT2D eigenvalue weighted by Gasteiger charge is -2.05. The van der Waals surface area contributed by atoms with Gasteiger partial charge in [-0.05, 0) is 31.1 Å². The fourth-order valence-electron chi connectivity index (χ4n) is 3.16. The Bertz CT molecular complexity index is 1190. The molecule has 0 spiro atoms. The van der Waals surface area contributed by atoms with Crippen LogP contribution in [0.2, 0.25) is 5.15 Å². The van der Waals surface area contributed by atoms with Gasteiger partial charge in [0.2, 0.25) is 5.91 Å². The van der Waals surface area contributed by atoms with Crippen LogP contribution in [0.15, 0.2) is 48.1 Å². The standard InChI is InChI=1S/C22H22ClN5OS/c1-14(2)12-28-21(23)18(15(3)26-28)8-9-20(29)24-17-6-4-16(5-7-17)19-13-27-10-11-30-22(27)25-19/h4-11,13-14H,12H2,1-3H3,(H,24,29)/b9-8+. The van der Waals surface area contributed by atoms with Crippen LogP contribution in [0, 0.1) is 12.8 Å². The van der Waals surface area contributed by atoms with Crippen molar-refractivity contribution in [3.63, 3.8) is 0 Å². The summed E-state index contributed by atoms with van der Waals surface area (Å²) in [5.41, 5.74) is 4.19. The predicted molar refractivity (Wildman–Crippen MR) is 123 cm³/mol. The van der Waals surface area contributed by atoms with Gasteiger partial charge >= 0.3 is 0 Å². The lowest BCUT2D eigenvalue weighted by atomic mass is 10.1. The molecule has 4 aromatic rings. The van der Waals surface area contributed by atoms with E-state index in [0.717, 1.165) is 34.0 Å². The number of rotatable bonds is 6. The van der Waals surface area contributed by atoms with Crippen LogP contribution in [0.25, 0.3) is 22.3 Å². The lowest BCUT2D eigenvalue weighted by Crippen LogP contribution is -2.07. The van der Waals surface area contributed by atoms with E-state index in [0.29, 0.717) is 16.8 Å². The van der Waals surface area contributed by atoms with Gasteiger partial charge < -0.3 is 5.32 Å². The minimum absolute atomic E-state index is 0.225. The van der Waals surface area contributed by atoms with E-state index in [9.17, 15) is 4.79 Å². The largest absolute Gasteiger partial charge is 0.323 e. The number of fused-ring (bicyclic) bond motifs is 1. The van der Waals surface area contributed by atoms with Crippen LogP contribution in [-0.4, -0.2) is 25.1 Å². The molecule has 0 saturated carbocycles.